The Morgan fingerprint density at radius 1 is 1.24 bits per heavy atom. The molecule has 0 radical (unpaired) electrons. The molecule has 1 aromatic carbocycles. The first-order valence-electron chi connectivity index (χ1n) is 7.31. The molecule has 4 nitrogen and oxygen atoms in total. The van der Waals surface area contributed by atoms with Gasteiger partial charge in [0.25, 0.3) is 0 Å². The number of nitrogens with one attached hydrogen (secondary N) is 1. The van der Waals surface area contributed by atoms with Crippen LogP contribution in [0, 0.1) is 0 Å². The lowest BCUT2D eigenvalue weighted by atomic mass is 9.87. The van der Waals surface area contributed by atoms with Gasteiger partial charge >= 0.3 is 0 Å². The second kappa shape index (κ2) is 6.18. The minimum Gasteiger partial charge on any atom is -0.340 e. The maximum absolute atomic E-state index is 12.8. The van der Waals surface area contributed by atoms with E-state index in [1.807, 2.05) is 45.0 Å². The van der Waals surface area contributed by atoms with Crippen molar-refractivity contribution in [2.24, 2.45) is 0 Å². The Hall–Kier alpha value is -1.36. The van der Waals surface area contributed by atoms with Gasteiger partial charge in [-0.1, -0.05) is 41.9 Å². The van der Waals surface area contributed by atoms with Crippen LogP contribution in [0.1, 0.15) is 45.2 Å². The van der Waals surface area contributed by atoms with Crippen molar-refractivity contribution in [2.45, 2.75) is 45.2 Å². The van der Waals surface area contributed by atoms with Crippen molar-refractivity contribution in [2.75, 3.05) is 6.54 Å². The molecule has 0 aliphatic carbocycles. The first-order valence-corrected chi connectivity index (χ1v) is 8.10. The van der Waals surface area contributed by atoms with Crippen LogP contribution in [0.5, 0.6) is 0 Å². The quantitative estimate of drug-likeness (QED) is 0.905. The van der Waals surface area contributed by atoms with Crippen LogP contribution < -0.4 is 5.32 Å². The molecule has 0 saturated carbocycles. The fourth-order valence-corrected chi connectivity index (χ4v) is 3.09. The van der Waals surface area contributed by atoms with Crippen molar-refractivity contribution in [1.29, 1.82) is 0 Å². The van der Waals surface area contributed by atoms with Crippen LogP contribution in [0.4, 0.5) is 0 Å². The molecule has 1 atom stereocenters. The summed E-state index contributed by atoms with van der Waals surface area (Å²) in [7, 11) is 0. The number of piperazine rings is 1. The summed E-state index contributed by atoms with van der Waals surface area (Å²) in [6.45, 7) is 5.97. The number of hydrogen-bond acceptors (Lipinski definition) is 2. The Bertz CT molecular complexity index is 538. The fourth-order valence-electron chi connectivity index (χ4n) is 2.82. The van der Waals surface area contributed by atoms with E-state index in [4.69, 9.17) is 0 Å². The number of carbonyl (C=O) groups is 2. The summed E-state index contributed by atoms with van der Waals surface area (Å²) in [5, 5.41) is 2.89. The van der Waals surface area contributed by atoms with Crippen LogP contribution in [0.3, 0.4) is 0 Å². The Balaban J connectivity index is 2.31. The fraction of sp³-hybridized carbons (Fsp3) is 0.500. The SMILES string of the molecule is CCC1(CC)NC(=O)CN(C(C)c2ccc(Br)cc2)C1=O. The maximum atomic E-state index is 12.8. The minimum atomic E-state index is -0.751. The maximum Gasteiger partial charge on any atom is 0.249 e. The molecule has 1 N–H and O–H groups in total. The van der Waals surface area contributed by atoms with Crippen molar-refractivity contribution >= 4 is 27.7 Å². The van der Waals surface area contributed by atoms with Crippen LogP contribution in [0.2, 0.25) is 0 Å². The van der Waals surface area contributed by atoms with Crippen molar-refractivity contribution in [1.82, 2.24) is 10.2 Å². The standard InChI is InChI=1S/C16H21BrN2O2/c1-4-16(5-2)15(21)19(10-14(20)18-16)11(3)12-6-8-13(17)9-7-12/h6-9,11H,4-5,10H2,1-3H3,(H,18,20). The van der Waals surface area contributed by atoms with Gasteiger partial charge in [0.05, 0.1) is 6.04 Å². The van der Waals surface area contributed by atoms with E-state index in [-0.39, 0.29) is 24.4 Å². The lowest BCUT2D eigenvalue weighted by molar-refractivity contribution is -0.152. The van der Waals surface area contributed by atoms with Crippen molar-refractivity contribution in [3.63, 3.8) is 0 Å². The van der Waals surface area contributed by atoms with Gasteiger partial charge in [-0.2, -0.15) is 0 Å². The van der Waals surface area contributed by atoms with Crippen LogP contribution in [0.25, 0.3) is 0 Å². The Morgan fingerprint density at radius 3 is 2.33 bits per heavy atom. The van der Waals surface area contributed by atoms with E-state index in [0.717, 1.165) is 10.0 Å². The smallest absolute Gasteiger partial charge is 0.249 e. The predicted octanol–water partition coefficient (Wildman–Crippen LogP) is 3.03. The molecule has 2 rings (SSSR count). The molecule has 1 aliphatic rings. The van der Waals surface area contributed by atoms with Gasteiger partial charge in [-0.05, 0) is 37.5 Å². The molecule has 0 bridgehead atoms. The predicted molar refractivity (Wildman–Crippen MR) is 85.7 cm³/mol. The zero-order valence-electron chi connectivity index (χ0n) is 12.6. The zero-order valence-corrected chi connectivity index (χ0v) is 14.2. The largest absolute Gasteiger partial charge is 0.340 e. The normalized spacial score (nSPS) is 19.3. The summed E-state index contributed by atoms with van der Waals surface area (Å²) in [5.74, 6) is -0.0650. The summed E-state index contributed by atoms with van der Waals surface area (Å²) in [6.07, 6.45) is 1.22. The average Bonchev–Trinajstić information content (AvgIpc) is 2.49. The number of benzene rings is 1. The molecule has 0 aromatic heterocycles. The van der Waals surface area contributed by atoms with E-state index in [1.54, 1.807) is 4.90 Å². The van der Waals surface area contributed by atoms with E-state index < -0.39 is 5.54 Å². The van der Waals surface area contributed by atoms with E-state index in [0.29, 0.717) is 12.8 Å². The summed E-state index contributed by atoms with van der Waals surface area (Å²) in [6, 6.07) is 7.75. The molecule has 1 aromatic rings. The molecule has 5 heteroatoms. The number of hydrogen-bond donors (Lipinski definition) is 1. The number of halogens is 1. The number of rotatable bonds is 4. The Labute approximate surface area is 134 Å². The van der Waals surface area contributed by atoms with E-state index in [2.05, 4.69) is 21.2 Å². The van der Waals surface area contributed by atoms with E-state index in [9.17, 15) is 9.59 Å². The van der Waals surface area contributed by atoms with Gasteiger partial charge in [0.1, 0.15) is 12.1 Å². The van der Waals surface area contributed by atoms with Gasteiger partial charge in [-0.25, -0.2) is 0 Å². The highest BCUT2D eigenvalue weighted by molar-refractivity contribution is 9.10. The molecule has 2 amide bonds. The van der Waals surface area contributed by atoms with Gasteiger partial charge in [0.2, 0.25) is 11.8 Å². The first kappa shape index (κ1) is 16.0. The van der Waals surface area contributed by atoms with Gasteiger partial charge in [0, 0.05) is 4.47 Å². The molecule has 1 saturated heterocycles. The molecule has 1 fully saturated rings. The lowest BCUT2D eigenvalue weighted by Gasteiger charge is -2.43. The third-order valence-corrected chi connectivity index (χ3v) is 4.92. The molecule has 1 unspecified atom stereocenters. The second-order valence-electron chi connectivity index (χ2n) is 5.50. The van der Waals surface area contributed by atoms with Gasteiger partial charge in [-0.3, -0.25) is 9.59 Å². The summed E-state index contributed by atoms with van der Waals surface area (Å²) in [5.41, 5.74) is 0.279. The number of amides is 2. The highest BCUT2D eigenvalue weighted by atomic mass is 79.9. The van der Waals surface area contributed by atoms with Gasteiger partial charge in [-0.15, -0.1) is 0 Å². The Morgan fingerprint density at radius 2 is 1.81 bits per heavy atom. The Kier molecular flexibility index (Phi) is 4.71. The molecular weight excluding hydrogens is 332 g/mol. The molecule has 21 heavy (non-hydrogen) atoms. The third-order valence-electron chi connectivity index (χ3n) is 4.39. The highest BCUT2D eigenvalue weighted by Gasteiger charge is 2.45. The van der Waals surface area contributed by atoms with Crippen molar-refractivity contribution in [3.8, 4) is 0 Å². The van der Waals surface area contributed by atoms with Crippen molar-refractivity contribution < 1.29 is 9.59 Å². The van der Waals surface area contributed by atoms with Crippen LogP contribution >= 0.6 is 15.9 Å². The number of carbonyl (C=O) groups excluding carboxylic acids is 2. The highest BCUT2D eigenvalue weighted by Crippen LogP contribution is 2.29. The summed E-state index contributed by atoms with van der Waals surface area (Å²) < 4.78 is 0.998. The summed E-state index contributed by atoms with van der Waals surface area (Å²) in [4.78, 5) is 26.6. The minimum absolute atomic E-state index is 0.0162. The van der Waals surface area contributed by atoms with Crippen LogP contribution in [-0.4, -0.2) is 28.8 Å². The monoisotopic (exact) mass is 352 g/mol. The summed E-state index contributed by atoms with van der Waals surface area (Å²) >= 11 is 3.41. The molecule has 0 spiro atoms. The van der Waals surface area contributed by atoms with Gasteiger partial charge in [0.15, 0.2) is 0 Å². The van der Waals surface area contributed by atoms with Crippen LogP contribution in [-0.2, 0) is 9.59 Å². The third kappa shape index (κ3) is 2.98. The van der Waals surface area contributed by atoms with E-state index >= 15 is 0 Å². The zero-order chi connectivity index (χ0) is 15.6. The van der Waals surface area contributed by atoms with Crippen LogP contribution in [0.15, 0.2) is 28.7 Å². The second-order valence-corrected chi connectivity index (χ2v) is 6.41. The topological polar surface area (TPSA) is 49.4 Å². The lowest BCUT2D eigenvalue weighted by Crippen LogP contribution is -2.66. The average molecular weight is 353 g/mol. The van der Waals surface area contributed by atoms with Gasteiger partial charge < -0.3 is 10.2 Å². The van der Waals surface area contributed by atoms with E-state index in [1.165, 1.54) is 0 Å². The molecule has 114 valence electrons. The number of nitrogens with zero attached hydrogens (tertiary/aromatic N) is 1. The van der Waals surface area contributed by atoms with Crippen molar-refractivity contribution in [3.05, 3.63) is 34.3 Å². The molecular formula is C16H21BrN2O2. The molecule has 1 heterocycles. The first-order chi connectivity index (χ1) is 9.93. The molecule has 1 aliphatic heterocycles.